The van der Waals surface area contributed by atoms with E-state index in [-0.39, 0.29) is 0 Å². The van der Waals surface area contributed by atoms with Gasteiger partial charge >= 0.3 is 0 Å². The molecule has 1 saturated heterocycles. The molecule has 2 heterocycles. The van der Waals surface area contributed by atoms with Gasteiger partial charge in [-0.25, -0.2) is 0 Å². The Morgan fingerprint density at radius 3 is 3.07 bits per heavy atom. The van der Waals surface area contributed by atoms with Crippen LogP contribution in [0.1, 0.15) is 18.2 Å². The molecule has 1 aliphatic rings. The zero-order chi connectivity index (χ0) is 10.7. The van der Waals surface area contributed by atoms with E-state index in [0.29, 0.717) is 12.1 Å². The zero-order valence-corrected chi connectivity index (χ0v) is 9.97. The standard InChI is InChI=1S/C11H17NO2S/c1-8-10(5-6-14-8)12-7-9-3-4-11(13-2)15-9/h3-4,8,10,12H,5-7H2,1-2H3. The number of thiophene rings is 1. The number of nitrogens with one attached hydrogen (secondary N) is 1. The van der Waals surface area contributed by atoms with Crippen LogP contribution < -0.4 is 10.1 Å². The van der Waals surface area contributed by atoms with Crippen LogP contribution in [0.5, 0.6) is 5.06 Å². The first-order valence-electron chi connectivity index (χ1n) is 5.27. The first-order valence-corrected chi connectivity index (χ1v) is 6.09. The van der Waals surface area contributed by atoms with Gasteiger partial charge in [0.15, 0.2) is 5.06 Å². The van der Waals surface area contributed by atoms with Crippen molar-refractivity contribution in [2.24, 2.45) is 0 Å². The zero-order valence-electron chi connectivity index (χ0n) is 9.16. The highest BCUT2D eigenvalue weighted by atomic mass is 32.1. The van der Waals surface area contributed by atoms with Crippen molar-refractivity contribution in [3.05, 3.63) is 17.0 Å². The molecule has 0 amide bonds. The van der Waals surface area contributed by atoms with Gasteiger partial charge in [0.25, 0.3) is 0 Å². The third-order valence-corrected chi connectivity index (χ3v) is 3.80. The minimum absolute atomic E-state index is 0.340. The van der Waals surface area contributed by atoms with E-state index >= 15 is 0 Å². The Morgan fingerprint density at radius 1 is 1.60 bits per heavy atom. The van der Waals surface area contributed by atoms with Crippen molar-refractivity contribution in [3.8, 4) is 5.06 Å². The largest absolute Gasteiger partial charge is 0.487 e. The van der Waals surface area contributed by atoms with Gasteiger partial charge in [0.1, 0.15) is 0 Å². The van der Waals surface area contributed by atoms with Crippen LogP contribution in [-0.2, 0) is 11.3 Å². The Balaban J connectivity index is 1.82. The molecule has 15 heavy (non-hydrogen) atoms. The van der Waals surface area contributed by atoms with E-state index in [1.54, 1.807) is 18.4 Å². The molecule has 0 bridgehead atoms. The van der Waals surface area contributed by atoms with Gasteiger partial charge in [-0.3, -0.25) is 0 Å². The molecule has 0 radical (unpaired) electrons. The monoisotopic (exact) mass is 227 g/mol. The van der Waals surface area contributed by atoms with E-state index in [1.165, 1.54) is 4.88 Å². The predicted octanol–water partition coefficient (Wildman–Crippen LogP) is 2.02. The quantitative estimate of drug-likeness (QED) is 0.853. The van der Waals surface area contributed by atoms with Crippen LogP contribution in [0.2, 0.25) is 0 Å². The molecular weight excluding hydrogens is 210 g/mol. The number of rotatable bonds is 4. The lowest BCUT2D eigenvalue weighted by molar-refractivity contribution is 0.113. The molecular formula is C11H17NO2S. The second kappa shape index (κ2) is 4.96. The summed E-state index contributed by atoms with van der Waals surface area (Å²) >= 11 is 1.69. The fourth-order valence-electron chi connectivity index (χ4n) is 1.79. The van der Waals surface area contributed by atoms with Crippen molar-refractivity contribution in [1.82, 2.24) is 5.32 Å². The van der Waals surface area contributed by atoms with Gasteiger partial charge in [0.2, 0.25) is 0 Å². The molecule has 0 aliphatic carbocycles. The van der Waals surface area contributed by atoms with Crippen molar-refractivity contribution < 1.29 is 9.47 Å². The van der Waals surface area contributed by atoms with E-state index in [1.807, 2.05) is 6.07 Å². The van der Waals surface area contributed by atoms with E-state index in [2.05, 4.69) is 18.3 Å². The number of ether oxygens (including phenoxy) is 2. The maximum Gasteiger partial charge on any atom is 0.173 e. The van der Waals surface area contributed by atoms with Gasteiger partial charge < -0.3 is 14.8 Å². The topological polar surface area (TPSA) is 30.5 Å². The van der Waals surface area contributed by atoms with Crippen LogP contribution in [0.4, 0.5) is 0 Å². The first-order chi connectivity index (χ1) is 7.29. The predicted molar refractivity (Wildman–Crippen MR) is 61.5 cm³/mol. The molecule has 2 rings (SSSR count). The minimum Gasteiger partial charge on any atom is -0.487 e. The molecule has 1 fully saturated rings. The van der Waals surface area contributed by atoms with Crippen LogP contribution in [0.3, 0.4) is 0 Å². The van der Waals surface area contributed by atoms with Crippen molar-refractivity contribution in [3.63, 3.8) is 0 Å². The van der Waals surface area contributed by atoms with Crippen molar-refractivity contribution >= 4 is 11.3 Å². The molecule has 0 aromatic carbocycles. The van der Waals surface area contributed by atoms with Crippen molar-refractivity contribution in [2.75, 3.05) is 13.7 Å². The Labute approximate surface area is 94.4 Å². The molecule has 0 spiro atoms. The third-order valence-electron chi connectivity index (χ3n) is 2.75. The Bertz CT molecular complexity index is 313. The maximum absolute atomic E-state index is 5.50. The smallest absolute Gasteiger partial charge is 0.173 e. The fourth-order valence-corrected chi connectivity index (χ4v) is 2.56. The van der Waals surface area contributed by atoms with Gasteiger partial charge in [0.05, 0.1) is 13.2 Å². The summed E-state index contributed by atoms with van der Waals surface area (Å²) in [5.41, 5.74) is 0. The lowest BCUT2D eigenvalue weighted by atomic mass is 10.1. The highest BCUT2D eigenvalue weighted by Gasteiger charge is 2.23. The SMILES string of the molecule is COc1ccc(CNC2CCOC2C)s1. The summed E-state index contributed by atoms with van der Waals surface area (Å²) in [4.78, 5) is 1.31. The highest BCUT2D eigenvalue weighted by Crippen LogP contribution is 2.24. The molecule has 1 N–H and O–H groups in total. The van der Waals surface area contributed by atoms with Gasteiger partial charge in [0, 0.05) is 24.1 Å². The summed E-state index contributed by atoms with van der Waals surface area (Å²) in [5, 5.41) is 4.49. The normalized spacial score (nSPS) is 25.7. The Kier molecular flexibility index (Phi) is 3.61. The maximum atomic E-state index is 5.50. The third kappa shape index (κ3) is 2.71. The molecule has 2 unspecified atom stereocenters. The van der Waals surface area contributed by atoms with Gasteiger partial charge in [-0.15, -0.1) is 11.3 Å². The molecule has 84 valence electrons. The van der Waals surface area contributed by atoms with Crippen molar-refractivity contribution in [1.29, 1.82) is 0 Å². The summed E-state index contributed by atoms with van der Waals surface area (Å²) in [6.07, 6.45) is 1.45. The van der Waals surface area contributed by atoms with Crippen LogP contribution in [0, 0.1) is 0 Å². The van der Waals surface area contributed by atoms with Crippen LogP contribution in [0.25, 0.3) is 0 Å². The Hall–Kier alpha value is -0.580. The molecule has 4 heteroatoms. The van der Waals surface area contributed by atoms with E-state index in [9.17, 15) is 0 Å². The van der Waals surface area contributed by atoms with Gasteiger partial charge in [-0.1, -0.05) is 0 Å². The molecule has 1 aromatic rings. The lowest BCUT2D eigenvalue weighted by Crippen LogP contribution is -2.33. The second-order valence-corrected chi connectivity index (χ2v) is 4.91. The average Bonchev–Trinajstić information content (AvgIpc) is 2.84. The first kappa shape index (κ1) is 10.9. The summed E-state index contributed by atoms with van der Waals surface area (Å²) in [5.74, 6) is 0. The molecule has 1 aliphatic heterocycles. The Morgan fingerprint density at radius 2 is 2.47 bits per heavy atom. The number of hydrogen-bond acceptors (Lipinski definition) is 4. The number of methoxy groups -OCH3 is 1. The van der Waals surface area contributed by atoms with E-state index in [4.69, 9.17) is 9.47 Å². The second-order valence-electron chi connectivity index (χ2n) is 3.78. The van der Waals surface area contributed by atoms with Crippen molar-refractivity contribution in [2.45, 2.75) is 32.0 Å². The molecule has 3 nitrogen and oxygen atoms in total. The van der Waals surface area contributed by atoms with E-state index in [0.717, 1.165) is 24.6 Å². The molecule has 0 saturated carbocycles. The summed E-state index contributed by atoms with van der Waals surface area (Å²) < 4.78 is 10.7. The van der Waals surface area contributed by atoms with Gasteiger partial charge in [-0.05, 0) is 25.5 Å². The summed E-state index contributed by atoms with van der Waals surface area (Å²) in [6, 6.07) is 4.62. The van der Waals surface area contributed by atoms with Gasteiger partial charge in [-0.2, -0.15) is 0 Å². The highest BCUT2D eigenvalue weighted by molar-refractivity contribution is 7.13. The summed E-state index contributed by atoms with van der Waals surface area (Å²) in [7, 11) is 1.70. The van der Waals surface area contributed by atoms with E-state index < -0.39 is 0 Å². The fraction of sp³-hybridized carbons (Fsp3) is 0.636. The number of hydrogen-bond donors (Lipinski definition) is 1. The molecule has 2 atom stereocenters. The lowest BCUT2D eigenvalue weighted by Gasteiger charge is -2.14. The summed E-state index contributed by atoms with van der Waals surface area (Å²) in [6.45, 7) is 3.92. The van der Waals surface area contributed by atoms with Crippen LogP contribution >= 0.6 is 11.3 Å². The van der Waals surface area contributed by atoms with Crippen LogP contribution in [0.15, 0.2) is 12.1 Å². The average molecular weight is 227 g/mol. The van der Waals surface area contributed by atoms with Crippen LogP contribution in [-0.4, -0.2) is 25.9 Å². The minimum atomic E-state index is 0.340. The molecule has 1 aromatic heterocycles.